The first-order valence-electron chi connectivity index (χ1n) is 13.3. The Hall–Kier alpha value is -4.46. The summed E-state index contributed by atoms with van der Waals surface area (Å²) in [6.45, 7) is 6.46. The molecule has 4 aromatic rings. The van der Waals surface area contributed by atoms with E-state index >= 15 is 0 Å². The molecule has 4 atom stereocenters. The molecule has 2 saturated heterocycles. The number of nitro benzene ring substituents is 1. The third-order valence-corrected chi connectivity index (χ3v) is 7.23. The Morgan fingerprint density at radius 2 is 1.80 bits per heavy atom. The Kier molecular flexibility index (Phi) is 6.85. The highest BCUT2D eigenvalue weighted by Gasteiger charge is 2.56. The van der Waals surface area contributed by atoms with Gasteiger partial charge in [-0.3, -0.25) is 19.5 Å². The highest BCUT2D eigenvalue weighted by molar-refractivity contribution is 6.06. The fourth-order valence-corrected chi connectivity index (χ4v) is 5.43. The van der Waals surface area contributed by atoms with Crippen LogP contribution in [0.1, 0.15) is 37.4 Å². The van der Waals surface area contributed by atoms with E-state index in [0.29, 0.717) is 35.5 Å². The number of imidazole rings is 1. The molecule has 41 heavy (non-hydrogen) atoms. The number of benzene rings is 2. The van der Waals surface area contributed by atoms with Crippen LogP contribution in [0.2, 0.25) is 0 Å². The minimum Gasteiger partial charge on any atom is -0.364 e. The van der Waals surface area contributed by atoms with Crippen LogP contribution in [0.5, 0.6) is 0 Å². The van der Waals surface area contributed by atoms with E-state index < -0.39 is 30.3 Å². The lowest BCUT2D eigenvalue weighted by Crippen LogP contribution is -2.40. The van der Waals surface area contributed by atoms with Gasteiger partial charge in [0.05, 0.1) is 11.3 Å². The second-order valence-electron chi connectivity index (χ2n) is 10.3. The molecule has 212 valence electrons. The van der Waals surface area contributed by atoms with Crippen LogP contribution in [0.4, 0.5) is 17.2 Å². The number of nitrogens with one attached hydrogen (secondary N) is 1. The van der Waals surface area contributed by atoms with Crippen molar-refractivity contribution >= 4 is 34.3 Å². The van der Waals surface area contributed by atoms with Crippen LogP contribution >= 0.6 is 0 Å². The third-order valence-electron chi connectivity index (χ3n) is 7.23. The van der Waals surface area contributed by atoms with E-state index in [-0.39, 0.29) is 22.3 Å². The second kappa shape index (κ2) is 10.5. The van der Waals surface area contributed by atoms with Crippen LogP contribution in [-0.2, 0) is 14.2 Å². The molecule has 2 fully saturated rings. The largest absolute Gasteiger partial charge is 0.364 e. The minimum absolute atomic E-state index is 0.0201. The van der Waals surface area contributed by atoms with Crippen molar-refractivity contribution in [3.63, 3.8) is 0 Å². The number of ether oxygens (including phenoxy) is 3. The summed E-state index contributed by atoms with van der Waals surface area (Å²) >= 11 is 0. The van der Waals surface area contributed by atoms with Crippen LogP contribution in [-0.4, -0.2) is 67.5 Å². The first-order valence-corrected chi connectivity index (χ1v) is 13.3. The zero-order valence-corrected chi connectivity index (χ0v) is 22.7. The Labute approximate surface area is 235 Å². The molecule has 1 amide bonds. The number of likely N-dealkylation sites (N-methyl/N-ethyl adjacent to an activating group) is 1. The normalized spacial score (nSPS) is 22.9. The summed E-state index contributed by atoms with van der Waals surface area (Å²) in [5.41, 5.74) is 1.86. The standard InChI is InChI=1S/C28H29N7O6/c1-4-33(18-12-8-9-13-19(18)35(37)38)14-20-22-23(41-28(2,3)40-22)27(39-20)34-16-31-21-24(29-15-30-25(21)34)32-26(36)17-10-6-5-7-11-17/h5-13,15-16,20,22-23,27H,4,14H2,1-3H3,(H,29,30,32,36)/t20?,22-,23?,27-/m1/s1. The molecule has 0 aliphatic carbocycles. The van der Waals surface area contributed by atoms with Crippen molar-refractivity contribution in [1.29, 1.82) is 0 Å². The van der Waals surface area contributed by atoms with Gasteiger partial charge in [0.1, 0.15) is 30.3 Å². The van der Waals surface area contributed by atoms with E-state index in [4.69, 9.17) is 14.2 Å². The Morgan fingerprint density at radius 3 is 2.56 bits per heavy atom. The molecule has 13 nitrogen and oxygen atoms in total. The highest BCUT2D eigenvalue weighted by atomic mass is 16.8. The molecule has 0 radical (unpaired) electrons. The maximum absolute atomic E-state index is 12.8. The smallest absolute Gasteiger partial charge is 0.292 e. The molecule has 6 rings (SSSR count). The second-order valence-corrected chi connectivity index (χ2v) is 10.3. The predicted octanol–water partition coefficient (Wildman–Crippen LogP) is 3.93. The van der Waals surface area contributed by atoms with Gasteiger partial charge in [-0.1, -0.05) is 30.3 Å². The number of carbonyl (C=O) groups excluding carboxylic acids is 1. The van der Waals surface area contributed by atoms with Crippen LogP contribution < -0.4 is 10.2 Å². The number of hydrogen-bond acceptors (Lipinski definition) is 10. The number of rotatable bonds is 8. The molecule has 2 aliphatic rings. The number of aromatic nitrogens is 4. The van der Waals surface area contributed by atoms with Gasteiger partial charge < -0.3 is 24.4 Å². The number of nitrogens with zero attached hydrogens (tertiary/aromatic N) is 6. The number of nitro groups is 1. The fourth-order valence-electron chi connectivity index (χ4n) is 5.43. The van der Waals surface area contributed by atoms with Gasteiger partial charge in [-0.05, 0) is 39.0 Å². The topological polar surface area (TPSA) is 147 Å². The van der Waals surface area contributed by atoms with E-state index in [1.165, 1.54) is 12.4 Å². The van der Waals surface area contributed by atoms with Gasteiger partial charge in [-0.15, -0.1) is 0 Å². The van der Waals surface area contributed by atoms with Crippen LogP contribution in [0, 0.1) is 10.1 Å². The van der Waals surface area contributed by atoms with Gasteiger partial charge in [-0.2, -0.15) is 0 Å². The van der Waals surface area contributed by atoms with E-state index in [2.05, 4.69) is 20.3 Å². The van der Waals surface area contributed by atoms with Crippen molar-refractivity contribution in [3.8, 4) is 0 Å². The molecule has 4 heterocycles. The van der Waals surface area contributed by atoms with E-state index in [1.807, 2.05) is 31.7 Å². The molecular formula is C28H29N7O6. The van der Waals surface area contributed by atoms with Crippen molar-refractivity contribution in [2.24, 2.45) is 0 Å². The van der Waals surface area contributed by atoms with Gasteiger partial charge in [0.25, 0.3) is 11.6 Å². The summed E-state index contributed by atoms with van der Waals surface area (Å²) < 4.78 is 20.8. The number of carbonyl (C=O) groups is 1. The monoisotopic (exact) mass is 559 g/mol. The van der Waals surface area contributed by atoms with E-state index in [1.54, 1.807) is 53.4 Å². The molecule has 2 unspecified atom stereocenters. The summed E-state index contributed by atoms with van der Waals surface area (Å²) in [7, 11) is 0. The van der Waals surface area contributed by atoms with E-state index in [9.17, 15) is 14.9 Å². The molecular weight excluding hydrogens is 530 g/mol. The first kappa shape index (κ1) is 26.7. The predicted molar refractivity (Wildman–Crippen MR) is 148 cm³/mol. The molecule has 2 aromatic carbocycles. The van der Waals surface area contributed by atoms with E-state index in [0.717, 1.165) is 0 Å². The van der Waals surface area contributed by atoms with Crippen molar-refractivity contribution in [2.45, 2.75) is 51.1 Å². The SMILES string of the molecule is CCN(CC1O[C@@H](n2cnc3c(NC(=O)c4ccccc4)ncnc32)C2OC(C)(C)O[C@H]12)c1ccccc1[N+](=O)[O-]. The number of fused-ring (bicyclic) bond motifs is 2. The van der Waals surface area contributed by atoms with Crippen molar-refractivity contribution in [3.05, 3.63) is 82.9 Å². The average molecular weight is 560 g/mol. The van der Waals surface area contributed by atoms with Gasteiger partial charge in [0.15, 0.2) is 29.0 Å². The zero-order valence-electron chi connectivity index (χ0n) is 22.7. The summed E-state index contributed by atoms with van der Waals surface area (Å²) in [5.74, 6) is -0.918. The Bertz CT molecular complexity index is 1590. The molecule has 13 heteroatoms. The quantitative estimate of drug-likeness (QED) is 0.249. The minimum atomic E-state index is -0.869. The van der Waals surface area contributed by atoms with Gasteiger partial charge in [0.2, 0.25) is 0 Å². The maximum atomic E-state index is 12.8. The lowest BCUT2D eigenvalue weighted by Gasteiger charge is -2.29. The summed E-state index contributed by atoms with van der Waals surface area (Å²) in [6.07, 6.45) is 0.832. The lowest BCUT2D eigenvalue weighted by molar-refractivity contribution is -0.384. The van der Waals surface area contributed by atoms with Crippen LogP contribution in [0.3, 0.4) is 0 Å². The van der Waals surface area contributed by atoms with Crippen LogP contribution in [0.25, 0.3) is 11.2 Å². The molecule has 0 spiro atoms. The Morgan fingerprint density at radius 1 is 1.07 bits per heavy atom. The van der Waals surface area contributed by atoms with Crippen molar-refractivity contribution in [1.82, 2.24) is 19.5 Å². The van der Waals surface area contributed by atoms with Gasteiger partial charge in [0, 0.05) is 24.7 Å². The number of hydrogen-bond donors (Lipinski definition) is 1. The third kappa shape index (κ3) is 4.99. The molecule has 0 bridgehead atoms. The summed E-state index contributed by atoms with van der Waals surface area (Å²) in [5, 5.41) is 14.5. The van der Waals surface area contributed by atoms with Crippen LogP contribution in [0.15, 0.2) is 67.3 Å². The summed E-state index contributed by atoms with van der Waals surface area (Å²) in [6, 6.07) is 15.5. The first-order chi connectivity index (χ1) is 19.8. The fraction of sp³-hybridized carbons (Fsp3) is 0.357. The van der Waals surface area contributed by atoms with Crippen molar-refractivity contribution in [2.75, 3.05) is 23.3 Å². The number of para-hydroxylation sites is 2. The zero-order chi connectivity index (χ0) is 28.7. The van der Waals surface area contributed by atoms with Gasteiger partial charge in [-0.25, -0.2) is 15.0 Å². The van der Waals surface area contributed by atoms with Crippen molar-refractivity contribution < 1.29 is 23.9 Å². The Balaban J connectivity index is 1.30. The summed E-state index contributed by atoms with van der Waals surface area (Å²) in [4.78, 5) is 39.2. The molecule has 2 aliphatic heterocycles. The lowest BCUT2D eigenvalue weighted by atomic mass is 10.1. The van der Waals surface area contributed by atoms with Gasteiger partial charge >= 0.3 is 0 Å². The maximum Gasteiger partial charge on any atom is 0.292 e. The average Bonchev–Trinajstić information content (AvgIpc) is 3.63. The molecule has 1 N–H and O–H groups in total. The number of amides is 1. The number of anilines is 2. The highest BCUT2D eigenvalue weighted by Crippen LogP contribution is 2.44. The molecule has 2 aromatic heterocycles. The molecule has 0 saturated carbocycles.